The highest BCUT2D eigenvalue weighted by molar-refractivity contribution is 5.55. The Morgan fingerprint density at radius 2 is 1.70 bits per heavy atom. The molecule has 0 atom stereocenters. The van der Waals surface area contributed by atoms with Crippen LogP contribution in [0.15, 0.2) is 49.1 Å². The number of hydrogen-bond acceptors (Lipinski definition) is 4. The van der Waals surface area contributed by atoms with Crippen molar-refractivity contribution in [1.82, 2.24) is 19.7 Å². The van der Waals surface area contributed by atoms with Gasteiger partial charge in [-0.1, -0.05) is 6.07 Å². The third-order valence-corrected chi connectivity index (χ3v) is 2.90. The summed E-state index contributed by atoms with van der Waals surface area (Å²) in [4.78, 5) is 8.26. The number of nitrogens with one attached hydrogen (secondary N) is 1. The van der Waals surface area contributed by atoms with E-state index in [9.17, 15) is 0 Å². The van der Waals surface area contributed by atoms with Crippen molar-refractivity contribution in [1.29, 1.82) is 0 Å². The van der Waals surface area contributed by atoms with Crippen molar-refractivity contribution in [3.8, 4) is 5.69 Å². The number of benzene rings is 1. The third-order valence-electron chi connectivity index (χ3n) is 2.90. The lowest BCUT2D eigenvalue weighted by Gasteiger charge is -2.05. The Kier molecular flexibility index (Phi) is 3.16. The number of aryl methyl sites for hydroxylation is 2. The lowest BCUT2D eigenvalue weighted by molar-refractivity contribution is 0.879. The quantitative estimate of drug-likeness (QED) is 0.791. The zero-order valence-corrected chi connectivity index (χ0v) is 11.4. The van der Waals surface area contributed by atoms with Crippen LogP contribution >= 0.6 is 0 Å². The highest BCUT2D eigenvalue weighted by atomic mass is 15.4. The lowest BCUT2D eigenvalue weighted by Crippen LogP contribution is -1.97. The van der Waals surface area contributed by atoms with Crippen LogP contribution in [0.1, 0.15) is 11.1 Å². The Hall–Kier alpha value is -2.69. The van der Waals surface area contributed by atoms with Gasteiger partial charge in [0.1, 0.15) is 6.33 Å². The second-order valence-corrected chi connectivity index (χ2v) is 4.72. The molecule has 0 amide bonds. The van der Waals surface area contributed by atoms with Crippen LogP contribution in [0.25, 0.3) is 5.69 Å². The monoisotopic (exact) mass is 265 g/mol. The number of nitrogens with zero attached hydrogens (tertiary/aromatic N) is 4. The van der Waals surface area contributed by atoms with Gasteiger partial charge in [0.25, 0.3) is 0 Å². The maximum absolute atomic E-state index is 4.40. The molecule has 1 N–H and O–H groups in total. The first-order valence-corrected chi connectivity index (χ1v) is 6.38. The summed E-state index contributed by atoms with van der Waals surface area (Å²) in [6.07, 6.45) is 5.14. The van der Waals surface area contributed by atoms with E-state index in [-0.39, 0.29) is 0 Å². The lowest BCUT2D eigenvalue weighted by atomic mass is 10.1. The van der Waals surface area contributed by atoms with E-state index >= 15 is 0 Å². The molecular weight excluding hydrogens is 250 g/mol. The topological polar surface area (TPSA) is 55.6 Å². The fourth-order valence-corrected chi connectivity index (χ4v) is 2.12. The van der Waals surface area contributed by atoms with Gasteiger partial charge in [0.05, 0.1) is 5.69 Å². The van der Waals surface area contributed by atoms with Gasteiger partial charge in [-0.15, -0.1) is 5.10 Å². The minimum Gasteiger partial charge on any atom is -0.323 e. The van der Waals surface area contributed by atoms with Crippen molar-refractivity contribution in [2.24, 2.45) is 0 Å². The number of anilines is 2. The van der Waals surface area contributed by atoms with Gasteiger partial charge in [0, 0.05) is 18.1 Å². The Bertz CT molecular complexity index is 698. The van der Waals surface area contributed by atoms with Gasteiger partial charge in [-0.25, -0.2) is 4.68 Å². The minimum atomic E-state index is 0.576. The van der Waals surface area contributed by atoms with Crippen molar-refractivity contribution in [3.05, 3.63) is 60.2 Å². The predicted octanol–water partition coefficient (Wildman–Crippen LogP) is 3.02. The zero-order chi connectivity index (χ0) is 13.9. The van der Waals surface area contributed by atoms with E-state index < -0.39 is 0 Å². The molecule has 20 heavy (non-hydrogen) atoms. The highest BCUT2D eigenvalue weighted by Crippen LogP contribution is 2.17. The Balaban J connectivity index is 1.84. The summed E-state index contributed by atoms with van der Waals surface area (Å²) in [7, 11) is 0. The van der Waals surface area contributed by atoms with Gasteiger partial charge in [-0.3, -0.25) is 4.98 Å². The predicted molar refractivity (Wildman–Crippen MR) is 78.4 cm³/mol. The van der Waals surface area contributed by atoms with Crippen molar-refractivity contribution >= 4 is 11.6 Å². The molecule has 3 rings (SSSR count). The Morgan fingerprint density at radius 3 is 2.40 bits per heavy atom. The van der Waals surface area contributed by atoms with E-state index in [1.807, 2.05) is 12.1 Å². The molecule has 0 aliphatic carbocycles. The van der Waals surface area contributed by atoms with E-state index in [1.165, 1.54) is 11.1 Å². The van der Waals surface area contributed by atoms with Gasteiger partial charge < -0.3 is 5.32 Å². The molecule has 5 nitrogen and oxygen atoms in total. The molecule has 0 aliphatic rings. The van der Waals surface area contributed by atoms with Crippen molar-refractivity contribution in [3.63, 3.8) is 0 Å². The molecule has 0 bridgehead atoms. The summed E-state index contributed by atoms with van der Waals surface area (Å²) in [5.41, 5.74) is 4.35. The van der Waals surface area contributed by atoms with Crippen LogP contribution in [0, 0.1) is 13.8 Å². The van der Waals surface area contributed by atoms with E-state index in [1.54, 1.807) is 23.4 Å². The molecule has 100 valence electrons. The van der Waals surface area contributed by atoms with Crippen LogP contribution in [-0.4, -0.2) is 19.7 Å². The fraction of sp³-hybridized carbons (Fsp3) is 0.133. The second kappa shape index (κ2) is 5.13. The average Bonchev–Trinajstić information content (AvgIpc) is 2.87. The molecule has 0 radical (unpaired) electrons. The minimum absolute atomic E-state index is 0.576. The van der Waals surface area contributed by atoms with Gasteiger partial charge in [0.2, 0.25) is 5.95 Å². The average molecular weight is 265 g/mol. The molecule has 2 aromatic heterocycles. The fourth-order valence-electron chi connectivity index (χ4n) is 2.12. The first-order chi connectivity index (χ1) is 9.70. The Labute approximate surface area is 117 Å². The summed E-state index contributed by atoms with van der Waals surface area (Å²) < 4.78 is 1.71. The zero-order valence-electron chi connectivity index (χ0n) is 11.4. The van der Waals surface area contributed by atoms with Crippen LogP contribution in [0.4, 0.5) is 11.6 Å². The SMILES string of the molecule is Cc1cc(C)cc(Nc2ncn(-c3ccncc3)n2)c1. The Morgan fingerprint density at radius 1 is 1.00 bits per heavy atom. The number of hydrogen-bond donors (Lipinski definition) is 1. The number of pyridine rings is 1. The summed E-state index contributed by atoms with van der Waals surface area (Å²) in [6.45, 7) is 4.14. The van der Waals surface area contributed by atoms with Crippen LogP contribution in [0.5, 0.6) is 0 Å². The molecule has 3 aromatic rings. The van der Waals surface area contributed by atoms with E-state index in [0.29, 0.717) is 5.95 Å². The molecular formula is C15H15N5. The van der Waals surface area contributed by atoms with Crippen LogP contribution in [0.3, 0.4) is 0 Å². The first kappa shape index (κ1) is 12.3. The number of rotatable bonds is 3. The molecule has 2 heterocycles. The summed E-state index contributed by atoms with van der Waals surface area (Å²) in [5.74, 6) is 0.576. The number of aromatic nitrogens is 4. The molecule has 0 spiro atoms. The van der Waals surface area contributed by atoms with Crippen LogP contribution in [-0.2, 0) is 0 Å². The maximum Gasteiger partial charge on any atom is 0.246 e. The molecule has 0 aliphatic heterocycles. The summed E-state index contributed by atoms with van der Waals surface area (Å²) in [6, 6.07) is 10.0. The van der Waals surface area contributed by atoms with Gasteiger partial charge in [-0.2, -0.15) is 4.98 Å². The molecule has 0 saturated heterocycles. The van der Waals surface area contributed by atoms with Gasteiger partial charge in [0.15, 0.2) is 0 Å². The summed E-state index contributed by atoms with van der Waals surface area (Å²) >= 11 is 0. The first-order valence-electron chi connectivity index (χ1n) is 6.38. The third kappa shape index (κ3) is 2.66. The van der Waals surface area contributed by atoms with Crippen molar-refractivity contribution in [2.45, 2.75) is 13.8 Å². The molecule has 0 unspecified atom stereocenters. The van der Waals surface area contributed by atoms with Crippen LogP contribution in [0.2, 0.25) is 0 Å². The van der Waals surface area contributed by atoms with E-state index in [4.69, 9.17) is 0 Å². The molecule has 5 heteroatoms. The normalized spacial score (nSPS) is 10.5. The van der Waals surface area contributed by atoms with E-state index in [0.717, 1.165) is 11.4 Å². The second-order valence-electron chi connectivity index (χ2n) is 4.72. The molecule has 1 aromatic carbocycles. The molecule has 0 fully saturated rings. The standard InChI is InChI=1S/C15H15N5/c1-11-7-12(2)9-13(8-11)18-15-17-10-20(19-15)14-3-5-16-6-4-14/h3-10H,1-2H3,(H,18,19). The largest absolute Gasteiger partial charge is 0.323 e. The molecule has 0 saturated carbocycles. The van der Waals surface area contributed by atoms with E-state index in [2.05, 4.69) is 52.4 Å². The smallest absolute Gasteiger partial charge is 0.246 e. The maximum atomic E-state index is 4.40. The van der Waals surface area contributed by atoms with Crippen LogP contribution < -0.4 is 5.32 Å². The van der Waals surface area contributed by atoms with Gasteiger partial charge in [-0.05, 0) is 49.2 Å². The highest BCUT2D eigenvalue weighted by Gasteiger charge is 2.03. The van der Waals surface area contributed by atoms with Crippen molar-refractivity contribution in [2.75, 3.05) is 5.32 Å². The van der Waals surface area contributed by atoms with Gasteiger partial charge >= 0.3 is 0 Å². The van der Waals surface area contributed by atoms with Crippen molar-refractivity contribution < 1.29 is 0 Å². The summed E-state index contributed by atoms with van der Waals surface area (Å²) in [5, 5.41) is 7.62.